The van der Waals surface area contributed by atoms with Gasteiger partial charge in [-0.1, -0.05) is 74.4 Å². The van der Waals surface area contributed by atoms with E-state index in [1.165, 1.54) is 11.4 Å². The third kappa shape index (κ3) is 5.07. The van der Waals surface area contributed by atoms with Gasteiger partial charge >= 0.3 is 18.9 Å². The second-order valence-corrected chi connectivity index (χ2v) is 13.6. The van der Waals surface area contributed by atoms with E-state index in [0.29, 0.717) is 15.9 Å². The Bertz CT molecular complexity index is 509. The first-order valence-corrected chi connectivity index (χ1v) is 10.2. The first kappa shape index (κ1) is 21.7. The van der Waals surface area contributed by atoms with Crippen LogP contribution in [0.15, 0.2) is 24.3 Å². The first-order chi connectivity index (χ1) is 10.3. The van der Waals surface area contributed by atoms with E-state index >= 15 is 0 Å². The number of para-hydroxylation sites is 2. The summed E-state index contributed by atoms with van der Waals surface area (Å²) in [7, 11) is -0.861. The van der Waals surface area contributed by atoms with E-state index in [1.54, 1.807) is 0 Å². The normalized spacial score (nSPS) is 16.2. The summed E-state index contributed by atoms with van der Waals surface area (Å²) in [6, 6.07) is 9.02. The summed E-state index contributed by atoms with van der Waals surface area (Å²) < 4.78 is 5.48. The van der Waals surface area contributed by atoms with Gasteiger partial charge in [0, 0.05) is 11.4 Å². The number of benzene rings is 1. The summed E-state index contributed by atoms with van der Waals surface area (Å²) in [5, 5.41) is 0.292. The molecule has 0 bridgehead atoms. The Balaban J connectivity index is 0.00000288. The molecule has 0 aromatic heterocycles. The fourth-order valence-corrected chi connectivity index (χ4v) is 7.37. The molecule has 130 valence electrons. The number of hydrogen-bond acceptors (Lipinski definition) is 2. The monoisotopic (exact) mass is 338 g/mol. The average Bonchev–Trinajstić information content (AvgIpc) is 2.59. The molecule has 0 spiro atoms. The molecular weight excluding hydrogens is 303 g/mol. The molecule has 1 heterocycles. The molecule has 0 aliphatic carbocycles. The van der Waals surface area contributed by atoms with E-state index < -0.39 is 9.12 Å². The number of hydrogen-bond donors (Lipinski definition) is 0. The van der Waals surface area contributed by atoms with E-state index in [1.807, 2.05) is 0 Å². The molecule has 0 N–H and O–H groups in total. The number of nitrogens with zero attached hydrogens (tertiary/aromatic N) is 2. The van der Waals surface area contributed by atoms with E-state index in [0.717, 1.165) is 13.1 Å². The standard InChI is InChI=1S/C20H35N2Si.Li/c1-18(2,3)14-21-16-12-10-11-13-17(16)22(15-19(4,5)6)23(21)20(7,8)9;/h10-13H,14-15H2,1-9H3;/q-1;+1. The number of anilines is 2. The summed E-state index contributed by atoms with van der Waals surface area (Å²) >= 11 is 0. The third-order valence-corrected chi connectivity index (χ3v) is 7.07. The van der Waals surface area contributed by atoms with Crippen LogP contribution in [-0.4, -0.2) is 22.2 Å². The van der Waals surface area contributed by atoms with Gasteiger partial charge in [0.15, 0.2) is 0 Å². The molecular formula is C20H35LiN2Si. The maximum absolute atomic E-state index is 2.74. The van der Waals surface area contributed by atoms with Gasteiger partial charge in [-0.15, -0.1) is 5.04 Å². The Morgan fingerprint density at radius 2 is 1.04 bits per heavy atom. The number of rotatable bonds is 2. The zero-order valence-corrected chi connectivity index (χ0v) is 18.6. The van der Waals surface area contributed by atoms with Gasteiger partial charge in [0.1, 0.15) is 0 Å². The van der Waals surface area contributed by atoms with Gasteiger partial charge in [-0.25, -0.2) is 0 Å². The second kappa shape index (κ2) is 7.10. The third-order valence-electron chi connectivity index (χ3n) is 3.91. The SMILES string of the molecule is CC(C)(C)CN1c2ccccc2N(CC(C)(C)C)[Si-]1C(C)(C)C.[Li+]. The molecule has 1 aliphatic heterocycles. The van der Waals surface area contributed by atoms with Crippen molar-refractivity contribution in [2.45, 2.75) is 67.4 Å². The molecule has 0 radical (unpaired) electrons. The van der Waals surface area contributed by atoms with Crippen molar-refractivity contribution in [2.24, 2.45) is 10.8 Å². The zero-order valence-electron chi connectivity index (χ0n) is 17.6. The molecule has 1 aromatic carbocycles. The molecule has 0 fully saturated rings. The van der Waals surface area contributed by atoms with Crippen LogP contribution in [0.5, 0.6) is 0 Å². The molecule has 4 heteroatoms. The molecule has 0 amide bonds. The van der Waals surface area contributed by atoms with Crippen LogP contribution >= 0.6 is 0 Å². The summed E-state index contributed by atoms with van der Waals surface area (Å²) in [5.41, 5.74) is 3.48. The summed E-state index contributed by atoms with van der Waals surface area (Å²) in [6.45, 7) is 23.6. The van der Waals surface area contributed by atoms with Crippen LogP contribution in [0.25, 0.3) is 0 Å². The predicted molar refractivity (Wildman–Crippen MR) is 106 cm³/mol. The van der Waals surface area contributed by atoms with Crippen LogP contribution in [0.3, 0.4) is 0 Å². The van der Waals surface area contributed by atoms with Crippen LogP contribution in [0.1, 0.15) is 62.3 Å². The van der Waals surface area contributed by atoms with Gasteiger partial charge in [-0.3, -0.25) is 0 Å². The van der Waals surface area contributed by atoms with Gasteiger partial charge in [-0.2, -0.15) is 0 Å². The van der Waals surface area contributed by atoms with Crippen LogP contribution in [0.2, 0.25) is 5.04 Å². The molecule has 0 unspecified atom stereocenters. The molecule has 0 atom stereocenters. The van der Waals surface area contributed by atoms with Crippen molar-refractivity contribution < 1.29 is 18.9 Å². The molecule has 2 nitrogen and oxygen atoms in total. The zero-order chi connectivity index (χ0) is 17.6. The van der Waals surface area contributed by atoms with Crippen molar-refractivity contribution in [1.29, 1.82) is 0 Å². The van der Waals surface area contributed by atoms with Crippen molar-refractivity contribution in [3.05, 3.63) is 24.3 Å². The van der Waals surface area contributed by atoms with Crippen molar-refractivity contribution in [1.82, 2.24) is 0 Å². The summed E-state index contributed by atoms with van der Waals surface area (Å²) in [5.74, 6) is 0. The largest absolute Gasteiger partial charge is 1.00 e. The van der Waals surface area contributed by atoms with E-state index in [4.69, 9.17) is 0 Å². The maximum atomic E-state index is 2.74. The molecule has 24 heavy (non-hydrogen) atoms. The minimum absolute atomic E-state index is 0. The maximum Gasteiger partial charge on any atom is 1.00 e. The van der Waals surface area contributed by atoms with Crippen molar-refractivity contribution >= 4 is 20.5 Å². The van der Waals surface area contributed by atoms with Crippen molar-refractivity contribution in [3.63, 3.8) is 0 Å². The van der Waals surface area contributed by atoms with Crippen LogP contribution in [-0.2, 0) is 0 Å². The van der Waals surface area contributed by atoms with Crippen LogP contribution in [0.4, 0.5) is 11.4 Å². The quantitative estimate of drug-likeness (QED) is 0.765. The number of fused-ring (bicyclic) bond motifs is 1. The Labute approximate surface area is 163 Å². The Morgan fingerprint density at radius 1 is 0.708 bits per heavy atom. The fourth-order valence-electron chi connectivity index (χ4n) is 3.37. The first-order valence-electron chi connectivity index (χ1n) is 8.81. The Morgan fingerprint density at radius 3 is 1.29 bits per heavy atom. The molecule has 1 aromatic rings. The minimum atomic E-state index is -0.861. The smallest absolute Gasteiger partial charge is 0.523 e. The van der Waals surface area contributed by atoms with E-state index in [2.05, 4.69) is 95.7 Å². The summed E-state index contributed by atoms with van der Waals surface area (Å²) in [4.78, 5) is 0. The predicted octanol–water partition coefficient (Wildman–Crippen LogP) is 2.70. The van der Waals surface area contributed by atoms with Crippen molar-refractivity contribution in [2.75, 3.05) is 22.2 Å². The van der Waals surface area contributed by atoms with E-state index in [9.17, 15) is 0 Å². The van der Waals surface area contributed by atoms with Crippen LogP contribution < -0.4 is 28.0 Å². The van der Waals surface area contributed by atoms with Gasteiger partial charge in [-0.05, 0) is 45.2 Å². The van der Waals surface area contributed by atoms with Gasteiger partial charge in [0.05, 0.1) is 0 Å². The van der Waals surface area contributed by atoms with Gasteiger partial charge < -0.3 is 9.13 Å². The van der Waals surface area contributed by atoms with E-state index in [-0.39, 0.29) is 18.9 Å². The minimum Gasteiger partial charge on any atom is -0.523 e. The topological polar surface area (TPSA) is 6.48 Å². The molecule has 0 saturated carbocycles. The van der Waals surface area contributed by atoms with Gasteiger partial charge in [0.25, 0.3) is 0 Å². The fraction of sp³-hybridized carbons (Fsp3) is 0.700. The Kier molecular flexibility index (Phi) is 6.41. The van der Waals surface area contributed by atoms with Gasteiger partial charge in [0.2, 0.25) is 0 Å². The van der Waals surface area contributed by atoms with Crippen LogP contribution in [0, 0.1) is 10.8 Å². The average molecular weight is 339 g/mol. The second-order valence-electron chi connectivity index (χ2n) is 10.4. The Hall–Kier alpha value is -0.366. The molecule has 1 aliphatic rings. The molecule has 2 rings (SSSR count). The summed E-state index contributed by atoms with van der Waals surface area (Å²) in [6.07, 6.45) is 0. The molecule has 0 saturated heterocycles. The van der Waals surface area contributed by atoms with Crippen molar-refractivity contribution in [3.8, 4) is 0 Å².